The Labute approximate surface area is 144 Å². The highest BCUT2D eigenvalue weighted by Crippen LogP contribution is 2.23. The number of H-pyrrole nitrogens is 1. The van der Waals surface area contributed by atoms with Crippen LogP contribution in [-0.4, -0.2) is 40.2 Å². The number of aromatic amines is 1. The van der Waals surface area contributed by atoms with Crippen LogP contribution in [0.1, 0.15) is 15.9 Å². The summed E-state index contributed by atoms with van der Waals surface area (Å²) in [5.41, 5.74) is 2.18. The highest BCUT2D eigenvalue weighted by Gasteiger charge is 2.23. The molecule has 1 amide bonds. The Balaban J connectivity index is 1.73. The summed E-state index contributed by atoms with van der Waals surface area (Å²) in [6, 6.07) is 8.98. The van der Waals surface area contributed by atoms with Gasteiger partial charge in [-0.1, -0.05) is 11.6 Å². The first-order valence-electron chi connectivity index (χ1n) is 7.51. The number of pyridine rings is 1. The number of halogens is 1. The van der Waals surface area contributed by atoms with Gasteiger partial charge in [-0.05, 0) is 42.3 Å². The minimum absolute atomic E-state index is 0.341. The Morgan fingerprint density at radius 3 is 2.71 bits per heavy atom. The molecule has 0 unspecified atom stereocenters. The maximum absolute atomic E-state index is 12.5. The van der Waals surface area contributed by atoms with E-state index >= 15 is 0 Å². The third-order valence-corrected chi connectivity index (χ3v) is 4.15. The van der Waals surface area contributed by atoms with Crippen LogP contribution >= 0.6 is 11.6 Å². The van der Waals surface area contributed by atoms with Crippen molar-refractivity contribution >= 4 is 34.2 Å². The molecule has 122 valence electrons. The van der Waals surface area contributed by atoms with Gasteiger partial charge in [-0.25, -0.2) is 0 Å². The van der Waals surface area contributed by atoms with Crippen LogP contribution in [0.25, 0.3) is 10.9 Å². The van der Waals surface area contributed by atoms with E-state index in [1.54, 1.807) is 43.8 Å². The second kappa shape index (κ2) is 6.84. The second-order valence-corrected chi connectivity index (χ2v) is 5.99. The number of benzene rings is 1. The Morgan fingerprint density at radius 2 is 1.96 bits per heavy atom. The van der Waals surface area contributed by atoms with E-state index < -0.39 is 11.7 Å². The van der Waals surface area contributed by atoms with E-state index in [1.165, 1.54) is 4.90 Å². The van der Waals surface area contributed by atoms with Crippen molar-refractivity contribution in [3.05, 3.63) is 65.1 Å². The molecule has 3 aromatic rings. The molecule has 5 nitrogen and oxygen atoms in total. The lowest BCUT2D eigenvalue weighted by atomic mass is 10.1. The van der Waals surface area contributed by atoms with E-state index in [2.05, 4.69) is 9.97 Å². The third kappa shape index (κ3) is 3.31. The minimum atomic E-state index is -0.541. The summed E-state index contributed by atoms with van der Waals surface area (Å²) in [6.45, 7) is 0.456. The lowest BCUT2D eigenvalue weighted by Gasteiger charge is -2.16. The number of carbonyl (C=O) groups excluding carboxylic acids is 2. The predicted octanol–water partition coefficient (Wildman–Crippen LogP) is 3.10. The van der Waals surface area contributed by atoms with Gasteiger partial charge in [0.15, 0.2) is 0 Å². The maximum atomic E-state index is 12.5. The highest BCUT2D eigenvalue weighted by atomic mass is 35.5. The van der Waals surface area contributed by atoms with Crippen LogP contribution < -0.4 is 0 Å². The molecular formula is C18H16ClN3O2. The average Bonchev–Trinajstić information content (AvgIpc) is 3.02. The summed E-state index contributed by atoms with van der Waals surface area (Å²) in [5.74, 6) is -1.08. The van der Waals surface area contributed by atoms with Crippen molar-refractivity contribution in [3.8, 4) is 0 Å². The summed E-state index contributed by atoms with van der Waals surface area (Å²) in [7, 11) is 1.63. The lowest BCUT2D eigenvalue weighted by Crippen LogP contribution is -2.34. The van der Waals surface area contributed by atoms with E-state index in [0.29, 0.717) is 28.9 Å². The molecular weight excluding hydrogens is 326 g/mol. The number of rotatable bonds is 5. The van der Waals surface area contributed by atoms with Crippen molar-refractivity contribution in [1.82, 2.24) is 14.9 Å². The zero-order valence-corrected chi connectivity index (χ0v) is 13.9. The molecule has 2 heterocycles. The summed E-state index contributed by atoms with van der Waals surface area (Å²) in [5, 5.41) is 1.18. The van der Waals surface area contributed by atoms with Crippen LogP contribution in [0.5, 0.6) is 0 Å². The first-order valence-corrected chi connectivity index (χ1v) is 7.89. The number of likely N-dealkylation sites (N-methyl/N-ethyl adjacent to an activating group) is 1. The fourth-order valence-corrected chi connectivity index (χ4v) is 2.69. The zero-order chi connectivity index (χ0) is 17.1. The standard InChI is InChI=1S/C18H16ClN3O2/c1-22(9-6-12-4-7-20-8-5-12)18(24)17(23)15-11-21-16-3-2-13(19)10-14(15)16/h2-5,7-8,10-11,21H,6,9H2,1H3. The number of nitrogens with zero attached hydrogens (tertiary/aromatic N) is 2. The lowest BCUT2D eigenvalue weighted by molar-refractivity contribution is -0.125. The number of amides is 1. The molecule has 24 heavy (non-hydrogen) atoms. The molecule has 0 saturated heterocycles. The molecule has 0 aliphatic rings. The monoisotopic (exact) mass is 341 g/mol. The molecule has 0 aliphatic carbocycles. The second-order valence-electron chi connectivity index (χ2n) is 5.55. The van der Waals surface area contributed by atoms with Gasteiger partial charge in [-0.2, -0.15) is 0 Å². The van der Waals surface area contributed by atoms with Crippen molar-refractivity contribution in [2.45, 2.75) is 6.42 Å². The van der Waals surface area contributed by atoms with Gasteiger partial charge in [0.05, 0.1) is 5.56 Å². The van der Waals surface area contributed by atoms with Gasteiger partial charge in [-0.15, -0.1) is 0 Å². The molecule has 0 spiro atoms. The molecule has 0 atom stereocenters. The maximum Gasteiger partial charge on any atom is 0.294 e. The van der Waals surface area contributed by atoms with Crippen molar-refractivity contribution in [2.75, 3.05) is 13.6 Å². The Morgan fingerprint density at radius 1 is 1.21 bits per heavy atom. The van der Waals surface area contributed by atoms with Gasteiger partial charge in [0.2, 0.25) is 0 Å². The highest BCUT2D eigenvalue weighted by molar-refractivity contribution is 6.45. The molecule has 0 aliphatic heterocycles. The van der Waals surface area contributed by atoms with Gasteiger partial charge in [0.1, 0.15) is 0 Å². The Hall–Kier alpha value is -2.66. The quantitative estimate of drug-likeness (QED) is 0.573. The summed E-state index contributed by atoms with van der Waals surface area (Å²) in [4.78, 5) is 33.3. The summed E-state index contributed by atoms with van der Waals surface area (Å²) >= 11 is 5.99. The van der Waals surface area contributed by atoms with E-state index in [0.717, 1.165) is 11.1 Å². The van der Waals surface area contributed by atoms with Crippen molar-refractivity contribution in [1.29, 1.82) is 0 Å². The third-order valence-electron chi connectivity index (χ3n) is 3.91. The SMILES string of the molecule is CN(CCc1ccncc1)C(=O)C(=O)c1c[nH]c2ccc(Cl)cc12. The predicted molar refractivity (Wildman–Crippen MR) is 93.2 cm³/mol. The van der Waals surface area contributed by atoms with Gasteiger partial charge < -0.3 is 9.88 Å². The normalized spacial score (nSPS) is 10.8. The summed E-state index contributed by atoms with van der Waals surface area (Å²) < 4.78 is 0. The van der Waals surface area contributed by atoms with Crippen LogP contribution in [0.3, 0.4) is 0 Å². The fourth-order valence-electron chi connectivity index (χ4n) is 2.52. The first kappa shape index (κ1) is 16.2. The van der Waals surface area contributed by atoms with E-state index in [-0.39, 0.29) is 0 Å². The van der Waals surface area contributed by atoms with Gasteiger partial charge in [-0.3, -0.25) is 14.6 Å². The number of carbonyl (C=O) groups is 2. The number of hydrogen-bond acceptors (Lipinski definition) is 3. The van der Waals surface area contributed by atoms with Crippen LogP contribution in [0.4, 0.5) is 0 Å². The van der Waals surface area contributed by atoms with Crippen molar-refractivity contribution in [3.63, 3.8) is 0 Å². The largest absolute Gasteiger partial charge is 0.360 e. The molecule has 3 rings (SSSR count). The van der Waals surface area contributed by atoms with Crippen LogP contribution in [0, 0.1) is 0 Å². The summed E-state index contributed by atoms with van der Waals surface area (Å²) in [6.07, 6.45) is 5.63. The molecule has 0 saturated carbocycles. The van der Waals surface area contributed by atoms with Gasteiger partial charge >= 0.3 is 0 Å². The molecule has 0 fully saturated rings. The zero-order valence-electron chi connectivity index (χ0n) is 13.1. The number of nitrogens with one attached hydrogen (secondary N) is 1. The molecule has 1 aromatic carbocycles. The fraction of sp³-hybridized carbons (Fsp3) is 0.167. The number of ketones is 1. The number of aromatic nitrogens is 2. The van der Waals surface area contributed by atoms with Crippen molar-refractivity contribution < 1.29 is 9.59 Å². The van der Waals surface area contributed by atoms with Gasteiger partial charge in [0, 0.05) is 48.1 Å². The first-order chi connectivity index (χ1) is 11.6. The Bertz CT molecular complexity index is 890. The smallest absolute Gasteiger partial charge is 0.294 e. The van der Waals surface area contributed by atoms with Gasteiger partial charge in [0.25, 0.3) is 11.7 Å². The minimum Gasteiger partial charge on any atom is -0.360 e. The van der Waals surface area contributed by atoms with Crippen LogP contribution in [0.15, 0.2) is 48.9 Å². The Kier molecular flexibility index (Phi) is 4.62. The molecule has 0 radical (unpaired) electrons. The molecule has 6 heteroatoms. The van der Waals surface area contributed by atoms with Crippen LogP contribution in [-0.2, 0) is 11.2 Å². The average molecular weight is 342 g/mol. The van der Waals surface area contributed by atoms with Crippen molar-refractivity contribution in [2.24, 2.45) is 0 Å². The number of hydrogen-bond donors (Lipinski definition) is 1. The molecule has 2 aromatic heterocycles. The number of Topliss-reactive ketones (excluding diaryl/α,β-unsaturated/α-hetero) is 1. The number of fused-ring (bicyclic) bond motifs is 1. The van der Waals surface area contributed by atoms with E-state index in [4.69, 9.17) is 11.6 Å². The van der Waals surface area contributed by atoms with E-state index in [1.807, 2.05) is 12.1 Å². The molecule has 0 bridgehead atoms. The van der Waals surface area contributed by atoms with E-state index in [9.17, 15) is 9.59 Å². The topological polar surface area (TPSA) is 66.1 Å². The molecule has 1 N–H and O–H groups in total. The van der Waals surface area contributed by atoms with Crippen LogP contribution in [0.2, 0.25) is 5.02 Å².